The standard InChI is InChI=1S/C25H33N3O7/c1-5-35-27-10-12-6-7-16(29)19-14(12)8-13-9-15-20(28(3)4)22(31)17(11(2)26)23(32)25(15,34)24(33)18(13)21(19)30/h6-7,11,13,15,20,27,29,31,33-34H,5,8-10,26H2,1-4H3/t11?,13-,15-,20-,25+/m0/s1. The first kappa shape index (κ1) is 25.3. The maximum atomic E-state index is 13.6. The molecular weight excluding hydrogens is 454 g/mol. The average Bonchev–Trinajstić information content (AvgIpc) is 2.77. The van der Waals surface area contributed by atoms with Crippen molar-refractivity contribution < 1.29 is 34.9 Å². The van der Waals surface area contributed by atoms with Crippen molar-refractivity contribution in [1.82, 2.24) is 10.4 Å². The Morgan fingerprint density at radius 1 is 1.26 bits per heavy atom. The normalized spacial score (nSPS) is 29.3. The molecule has 0 fully saturated rings. The number of nitrogens with one attached hydrogen (secondary N) is 1. The van der Waals surface area contributed by atoms with Crippen LogP contribution in [0.15, 0.2) is 34.8 Å². The molecule has 5 atom stereocenters. The number of fused-ring (bicyclic) bond motifs is 3. The molecule has 0 spiro atoms. The minimum absolute atomic E-state index is 0.0406. The molecule has 0 aromatic heterocycles. The van der Waals surface area contributed by atoms with Crippen LogP contribution in [0.25, 0.3) is 0 Å². The Morgan fingerprint density at radius 3 is 2.54 bits per heavy atom. The maximum Gasteiger partial charge on any atom is 0.203 e. The topological polar surface area (TPSA) is 166 Å². The average molecular weight is 488 g/mol. The number of phenols is 1. The fourth-order valence-electron chi connectivity index (χ4n) is 5.94. The molecule has 0 saturated heterocycles. The number of aliphatic hydroxyl groups is 3. The number of Topliss-reactive ketones (excluding diaryl/α,β-unsaturated/α-hetero) is 2. The van der Waals surface area contributed by atoms with Gasteiger partial charge in [-0.1, -0.05) is 6.07 Å². The highest BCUT2D eigenvalue weighted by Crippen LogP contribution is 2.52. The molecule has 7 N–H and O–H groups in total. The van der Waals surface area contributed by atoms with Gasteiger partial charge in [-0.2, -0.15) is 5.48 Å². The molecule has 3 aliphatic rings. The molecule has 10 nitrogen and oxygen atoms in total. The van der Waals surface area contributed by atoms with Crippen LogP contribution in [0.4, 0.5) is 0 Å². The summed E-state index contributed by atoms with van der Waals surface area (Å²) in [5.41, 5.74) is 7.51. The fourth-order valence-corrected chi connectivity index (χ4v) is 5.94. The summed E-state index contributed by atoms with van der Waals surface area (Å²) in [7, 11) is 3.39. The summed E-state index contributed by atoms with van der Waals surface area (Å²) in [6.45, 7) is 4.09. The van der Waals surface area contributed by atoms with Gasteiger partial charge in [0.25, 0.3) is 0 Å². The van der Waals surface area contributed by atoms with Crippen LogP contribution in [0.5, 0.6) is 5.75 Å². The number of nitrogens with zero attached hydrogens (tertiary/aromatic N) is 1. The van der Waals surface area contributed by atoms with E-state index in [4.69, 9.17) is 10.6 Å². The first-order valence-electron chi connectivity index (χ1n) is 11.8. The van der Waals surface area contributed by atoms with Gasteiger partial charge in [-0.15, -0.1) is 0 Å². The zero-order valence-electron chi connectivity index (χ0n) is 20.3. The number of aliphatic hydroxyl groups excluding tert-OH is 2. The lowest BCUT2D eigenvalue weighted by Gasteiger charge is -2.50. The first-order chi connectivity index (χ1) is 16.5. The largest absolute Gasteiger partial charge is 0.510 e. The summed E-state index contributed by atoms with van der Waals surface area (Å²) in [6, 6.07) is 1.40. The van der Waals surface area contributed by atoms with E-state index in [9.17, 15) is 30.0 Å². The second-order valence-electron chi connectivity index (χ2n) is 9.78. The number of phenolic OH excluding ortho intramolecular Hbond substituents is 1. The molecule has 0 bridgehead atoms. The van der Waals surface area contributed by atoms with Gasteiger partial charge >= 0.3 is 0 Å². The molecule has 10 heteroatoms. The Balaban J connectivity index is 1.88. The van der Waals surface area contributed by atoms with Crippen LogP contribution in [-0.4, -0.2) is 75.3 Å². The van der Waals surface area contributed by atoms with E-state index in [0.717, 1.165) is 5.56 Å². The molecule has 1 unspecified atom stereocenters. The first-order valence-corrected chi connectivity index (χ1v) is 11.8. The van der Waals surface area contributed by atoms with E-state index < -0.39 is 46.8 Å². The van der Waals surface area contributed by atoms with Crippen molar-refractivity contribution in [2.24, 2.45) is 17.6 Å². The van der Waals surface area contributed by atoms with Gasteiger partial charge in [0, 0.05) is 24.1 Å². The lowest BCUT2D eigenvalue weighted by molar-refractivity contribution is -0.147. The number of ketones is 2. The minimum Gasteiger partial charge on any atom is -0.510 e. The number of benzene rings is 1. The highest BCUT2D eigenvalue weighted by molar-refractivity contribution is 6.15. The molecule has 3 aliphatic carbocycles. The van der Waals surface area contributed by atoms with Crippen LogP contribution in [-0.2, 0) is 22.6 Å². The number of aromatic hydroxyl groups is 1. The van der Waals surface area contributed by atoms with Gasteiger partial charge in [-0.25, -0.2) is 0 Å². The number of hydrogen-bond acceptors (Lipinski definition) is 10. The lowest BCUT2D eigenvalue weighted by Crippen LogP contribution is -2.64. The molecule has 1 aromatic rings. The van der Waals surface area contributed by atoms with Crippen LogP contribution in [0.2, 0.25) is 0 Å². The van der Waals surface area contributed by atoms with E-state index in [1.165, 1.54) is 13.0 Å². The molecule has 0 saturated carbocycles. The summed E-state index contributed by atoms with van der Waals surface area (Å²) in [5, 5.41) is 44.6. The van der Waals surface area contributed by atoms with E-state index in [-0.39, 0.29) is 34.6 Å². The molecule has 0 amide bonds. The van der Waals surface area contributed by atoms with Crippen LogP contribution < -0.4 is 11.2 Å². The van der Waals surface area contributed by atoms with E-state index in [2.05, 4.69) is 5.48 Å². The number of nitrogens with two attached hydrogens (primary N) is 1. The zero-order chi connectivity index (χ0) is 25.8. The van der Waals surface area contributed by atoms with Gasteiger partial charge in [0.15, 0.2) is 11.4 Å². The molecule has 190 valence electrons. The second-order valence-corrected chi connectivity index (χ2v) is 9.78. The predicted molar refractivity (Wildman–Crippen MR) is 127 cm³/mol. The third kappa shape index (κ3) is 3.68. The van der Waals surface area contributed by atoms with Crippen molar-refractivity contribution in [3.63, 3.8) is 0 Å². The maximum absolute atomic E-state index is 13.6. The number of carbonyl (C=O) groups excluding carboxylic acids is 2. The molecule has 0 heterocycles. The van der Waals surface area contributed by atoms with Crippen molar-refractivity contribution in [3.8, 4) is 5.75 Å². The number of allylic oxidation sites excluding steroid dienone is 1. The van der Waals surface area contributed by atoms with Gasteiger partial charge in [0.05, 0.1) is 23.8 Å². The van der Waals surface area contributed by atoms with Crippen molar-refractivity contribution >= 4 is 11.6 Å². The van der Waals surface area contributed by atoms with Gasteiger partial charge in [0.2, 0.25) is 5.78 Å². The summed E-state index contributed by atoms with van der Waals surface area (Å²) < 4.78 is 0. The monoisotopic (exact) mass is 487 g/mol. The molecule has 0 aliphatic heterocycles. The third-order valence-electron chi connectivity index (χ3n) is 7.46. The lowest BCUT2D eigenvalue weighted by atomic mass is 9.58. The van der Waals surface area contributed by atoms with Crippen LogP contribution in [0.3, 0.4) is 0 Å². The summed E-state index contributed by atoms with van der Waals surface area (Å²) in [6.07, 6.45) is 0.448. The number of rotatable bonds is 6. The Morgan fingerprint density at radius 2 is 1.94 bits per heavy atom. The molecule has 1 aromatic carbocycles. The predicted octanol–water partition coefficient (Wildman–Crippen LogP) is 1.02. The Kier molecular flexibility index (Phi) is 6.54. The van der Waals surface area contributed by atoms with Gasteiger partial charge < -0.3 is 31.0 Å². The molecule has 35 heavy (non-hydrogen) atoms. The van der Waals surface area contributed by atoms with Crippen LogP contribution in [0, 0.1) is 11.8 Å². The molecular formula is C25H33N3O7. The Labute approximate surface area is 203 Å². The summed E-state index contributed by atoms with van der Waals surface area (Å²) >= 11 is 0. The number of carbonyl (C=O) groups is 2. The van der Waals surface area contributed by atoms with Gasteiger partial charge in [-0.05, 0) is 63.9 Å². The number of hydrogen-bond donors (Lipinski definition) is 6. The smallest absolute Gasteiger partial charge is 0.203 e. The van der Waals surface area contributed by atoms with Crippen molar-refractivity contribution in [3.05, 3.63) is 51.5 Å². The number of likely N-dealkylation sites (N-methyl/N-ethyl adjacent to an activating group) is 1. The Bertz CT molecular complexity index is 1140. The minimum atomic E-state index is -2.42. The highest BCUT2D eigenvalue weighted by Gasteiger charge is 2.62. The van der Waals surface area contributed by atoms with E-state index in [1.54, 1.807) is 25.1 Å². The van der Waals surface area contributed by atoms with Gasteiger partial charge in [0.1, 0.15) is 17.3 Å². The molecule has 4 rings (SSSR count). The second kappa shape index (κ2) is 9.03. The third-order valence-corrected chi connectivity index (χ3v) is 7.46. The number of hydroxylamine groups is 1. The highest BCUT2D eigenvalue weighted by atomic mass is 16.6. The zero-order valence-corrected chi connectivity index (χ0v) is 20.3. The molecule has 0 radical (unpaired) electrons. The quantitative estimate of drug-likeness (QED) is 0.252. The van der Waals surface area contributed by atoms with Crippen molar-refractivity contribution in [1.29, 1.82) is 0 Å². The Hall–Kier alpha value is -2.76. The van der Waals surface area contributed by atoms with Crippen molar-refractivity contribution in [2.45, 2.75) is 50.9 Å². The van der Waals surface area contributed by atoms with Crippen LogP contribution >= 0.6 is 0 Å². The van der Waals surface area contributed by atoms with Gasteiger partial charge in [-0.3, -0.25) is 14.5 Å². The van der Waals surface area contributed by atoms with E-state index >= 15 is 0 Å². The fraction of sp³-hybridized carbons (Fsp3) is 0.520. The van der Waals surface area contributed by atoms with Crippen LogP contribution in [0.1, 0.15) is 41.8 Å². The SMILES string of the molecule is CCONCc1ccc(O)c2c1C[C@H]1C[C@H]3[C@H](N(C)C)C(O)=C(C(C)N)C(=O)[C@@]3(O)C(O)=C1C2=O. The summed E-state index contributed by atoms with van der Waals surface area (Å²) in [4.78, 5) is 34.0. The van der Waals surface area contributed by atoms with E-state index in [0.29, 0.717) is 25.1 Å². The van der Waals surface area contributed by atoms with Crippen molar-refractivity contribution in [2.75, 3.05) is 20.7 Å². The van der Waals surface area contributed by atoms with E-state index in [1.807, 2.05) is 6.92 Å². The summed E-state index contributed by atoms with van der Waals surface area (Å²) in [5.74, 6) is -4.20.